The van der Waals surface area contributed by atoms with Gasteiger partial charge in [-0.15, -0.1) is 0 Å². The van der Waals surface area contributed by atoms with E-state index in [0.717, 1.165) is 36.1 Å². The minimum Gasteiger partial charge on any atom is -0.378 e. The molecule has 1 fully saturated rings. The SMILES string of the molecule is CN(C)c1cccc(CNC(=O)Cc2ccc(S(=O)(=O)N3CCCCC3)cc2)c1. The van der Waals surface area contributed by atoms with Crippen molar-refractivity contribution in [2.75, 3.05) is 32.1 Å². The molecule has 0 saturated carbocycles. The number of hydrogen-bond acceptors (Lipinski definition) is 4. The van der Waals surface area contributed by atoms with Gasteiger partial charge in [0, 0.05) is 39.4 Å². The number of carbonyl (C=O) groups is 1. The maximum Gasteiger partial charge on any atom is 0.243 e. The van der Waals surface area contributed by atoms with Crippen molar-refractivity contribution in [2.24, 2.45) is 0 Å². The van der Waals surface area contributed by atoms with Gasteiger partial charge in [-0.25, -0.2) is 8.42 Å². The molecule has 0 bridgehead atoms. The molecule has 1 aliphatic heterocycles. The van der Waals surface area contributed by atoms with Crippen molar-refractivity contribution in [1.29, 1.82) is 0 Å². The molecule has 2 aromatic rings. The molecule has 1 aliphatic rings. The maximum atomic E-state index is 12.7. The summed E-state index contributed by atoms with van der Waals surface area (Å²) in [6.45, 7) is 1.63. The van der Waals surface area contributed by atoms with Crippen LogP contribution in [0, 0.1) is 0 Å². The second-order valence-electron chi connectivity index (χ2n) is 7.63. The van der Waals surface area contributed by atoms with Crippen LogP contribution in [0.5, 0.6) is 0 Å². The number of nitrogens with one attached hydrogen (secondary N) is 1. The van der Waals surface area contributed by atoms with Crippen molar-refractivity contribution in [3.63, 3.8) is 0 Å². The highest BCUT2D eigenvalue weighted by atomic mass is 32.2. The molecular weight excluding hydrogens is 386 g/mol. The van der Waals surface area contributed by atoms with Crippen LogP contribution in [0.2, 0.25) is 0 Å². The van der Waals surface area contributed by atoms with Crippen LogP contribution in [0.3, 0.4) is 0 Å². The van der Waals surface area contributed by atoms with Crippen molar-refractivity contribution >= 4 is 21.6 Å². The number of sulfonamides is 1. The van der Waals surface area contributed by atoms with Gasteiger partial charge >= 0.3 is 0 Å². The summed E-state index contributed by atoms with van der Waals surface area (Å²) in [6.07, 6.45) is 3.13. The number of piperidine rings is 1. The second kappa shape index (κ2) is 9.41. The zero-order valence-corrected chi connectivity index (χ0v) is 17.9. The molecule has 0 unspecified atom stereocenters. The van der Waals surface area contributed by atoms with Gasteiger partial charge in [0.15, 0.2) is 0 Å². The van der Waals surface area contributed by atoms with Crippen molar-refractivity contribution in [2.45, 2.75) is 37.1 Å². The fourth-order valence-corrected chi connectivity index (χ4v) is 4.94. The number of carbonyl (C=O) groups excluding carboxylic acids is 1. The summed E-state index contributed by atoms with van der Waals surface area (Å²) in [7, 11) is 0.522. The molecular formula is C22H29N3O3S. The smallest absolute Gasteiger partial charge is 0.243 e. The van der Waals surface area contributed by atoms with Gasteiger partial charge in [0.2, 0.25) is 15.9 Å². The molecule has 1 saturated heterocycles. The van der Waals surface area contributed by atoms with Crippen LogP contribution in [0.1, 0.15) is 30.4 Å². The summed E-state index contributed by atoms with van der Waals surface area (Å²) >= 11 is 0. The third kappa shape index (κ3) is 5.58. The molecule has 1 heterocycles. The Morgan fingerprint density at radius 2 is 1.69 bits per heavy atom. The van der Waals surface area contributed by atoms with Crippen LogP contribution in [0.15, 0.2) is 53.4 Å². The van der Waals surface area contributed by atoms with Gasteiger partial charge in [0.05, 0.1) is 11.3 Å². The standard InChI is InChI=1S/C22H29N3O3S/c1-24(2)20-8-6-7-19(15-20)17-23-22(26)16-18-9-11-21(12-10-18)29(27,28)25-13-4-3-5-14-25/h6-12,15H,3-5,13-14,16-17H2,1-2H3,(H,23,26). The highest BCUT2D eigenvalue weighted by Gasteiger charge is 2.25. The number of amides is 1. The van der Waals surface area contributed by atoms with E-state index in [0.29, 0.717) is 24.5 Å². The zero-order chi connectivity index (χ0) is 20.9. The Labute approximate surface area is 173 Å². The van der Waals surface area contributed by atoms with Crippen LogP contribution >= 0.6 is 0 Å². The summed E-state index contributed by atoms with van der Waals surface area (Å²) < 4.78 is 27.0. The van der Waals surface area contributed by atoms with Crippen molar-refractivity contribution < 1.29 is 13.2 Å². The maximum absolute atomic E-state index is 12.7. The highest BCUT2D eigenvalue weighted by molar-refractivity contribution is 7.89. The fourth-order valence-electron chi connectivity index (χ4n) is 3.43. The van der Waals surface area contributed by atoms with Gasteiger partial charge in [-0.05, 0) is 48.2 Å². The summed E-state index contributed by atoms with van der Waals surface area (Å²) in [4.78, 5) is 14.6. The molecule has 6 nitrogen and oxygen atoms in total. The van der Waals surface area contributed by atoms with E-state index in [-0.39, 0.29) is 12.3 Å². The average molecular weight is 416 g/mol. The summed E-state index contributed by atoms with van der Waals surface area (Å²) in [5, 5.41) is 2.93. The number of benzene rings is 2. The zero-order valence-electron chi connectivity index (χ0n) is 17.1. The Balaban J connectivity index is 1.56. The molecule has 0 spiro atoms. The lowest BCUT2D eigenvalue weighted by Gasteiger charge is -2.25. The lowest BCUT2D eigenvalue weighted by molar-refractivity contribution is -0.120. The number of rotatable bonds is 7. The molecule has 7 heteroatoms. The molecule has 29 heavy (non-hydrogen) atoms. The first-order valence-corrected chi connectivity index (χ1v) is 11.4. The Kier molecular flexibility index (Phi) is 6.92. The van der Waals surface area contributed by atoms with E-state index in [9.17, 15) is 13.2 Å². The first-order chi connectivity index (χ1) is 13.9. The first-order valence-electron chi connectivity index (χ1n) is 9.98. The van der Waals surface area contributed by atoms with Crippen molar-refractivity contribution in [1.82, 2.24) is 9.62 Å². The predicted octanol–water partition coefficient (Wildman–Crippen LogP) is 2.79. The van der Waals surface area contributed by atoms with E-state index >= 15 is 0 Å². The molecule has 156 valence electrons. The van der Waals surface area contributed by atoms with Gasteiger partial charge in [0.25, 0.3) is 0 Å². The van der Waals surface area contributed by atoms with E-state index in [4.69, 9.17) is 0 Å². The van der Waals surface area contributed by atoms with E-state index in [2.05, 4.69) is 5.32 Å². The topological polar surface area (TPSA) is 69.7 Å². The van der Waals surface area contributed by atoms with Crippen LogP contribution in [-0.2, 0) is 27.8 Å². The number of hydrogen-bond donors (Lipinski definition) is 1. The Bertz CT molecular complexity index is 934. The average Bonchev–Trinajstić information content (AvgIpc) is 2.73. The van der Waals surface area contributed by atoms with E-state index in [1.54, 1.807) is 28.6 Å². The van der Waals surface area contributed by atoms with E-state index < -0.39 is 10.0 Å². The molecule has 1 N–H and O–H groups in total. The van der Waals surface area contributed by atoms with Crippen LogP contribution in [0.4, 0.5) is 5.69 Å². The summed E-state index contributed by atoms with van der Waals surface area (Å²) in [6, 6.07) is 14.7. The fraction of sp³-hybridized carbons (Fsp3) is 0.409. The summed E-state index contributed by atoms with van der Waals surface area (Å²) in [5.41, 5.74) is 2.91. The lowest BCUT2D eigenvalue weighted by atomic mass is 10.1. The summed E-state index contributed by atoms with van der Waals surface area (Å²) in [5.74, 6) is -0.0908. The third-order valence-corrected chi connectivity index (χ3v) is 7.07. The minimum absolute atomic E-state index is 0.0908. The molecule has 0 atom stereocenters. The number of nitrogens with zero attached hydrogens (tertiary/aromatic N) is 2. The molecule has 3 rings (SSSR count). The van der Waals surface area contributed by atoms with Gasteiger partial charge in [-0.1, -0.05) is 30.7 Å². The van der Waals surface area contributed by atoms with Crippen LogP contribution in [-0.4, -0.2) is 45.8 Å². The predicted molar refractivity (Wildman–Crippen MR) is 115 cm³/mol. The normalized spacial score (nSPS) is 15.1. The third-order valence-electron chi connectivity index (χ3n) is 5.16. The molecule has 0 radical (unpaired) electrons. The van der Waals surface area contributed by atoms with E-state index in [1.807, 2.05) is 43.3 Å². The van der Waals surface area contributed by atoms with Gasteiger partial charge in [-0.3, -0.25) is 4.79 Å². The highest BCUT2D eigenvalue weighted by Crippen LogP contribution is 2.21. The Morgan fingerprint density at radius 1 is 1.00 bits per heavy atom. The van der Waals surface area contributed by atoms with E-state index in [1.165, 1.54) is 0 Å². The Hall–Kier alpha value is -2.38. The van der Waals surface area contributed by atoms with Gasteiger partial charge < -0.3 is 10.2 Å². The van der Waals surface area contributed by atoms with Crippen molar-refractivity contribution in [3.05, 3.63) is 59.7 Å². The largest absolute Gasteiger partial charge is 0.378 e. The van der Waals surface area contributed by atoms with Crippen molar-refractivity contribution in [3.8, 4) is 0 Å². The molecule has 0 aliphatic carbocycles. The van der Waals surface area contributed by atoms with Crippen LogP contribution < -0.4 is 10.2 Å². The monoisotopic (exact) mass is 415 g/mol. The number of anilines is 1. The minimum atomic E-state index is -3.44. The van der Waals surface area contributed by atoms with Crippen LogP contribution in [0.25, 0.3) is 0 Å². The quantitative estimate of drug-likeness (QED) is 0.755. The Morgan fingerprint density at radius 3 is 2.34 bits per heavy atom. The first kappa shape index (κ1) is 21.3. The molecule has 2 aromatic carbocycles. The second-order valence-corrected chi connectivity index (χ2v) is 9.56. The lowest BCUT2D eigenvalue weighted by Crippen LogP contribution is -2.35. The molecule has 1 amide bonds. The van der Waals surface area contributed by atoms with Gasteiger partial charge in [0.1, 0.15) is 0 Å². The molecule has 0 aromatic heterocycles. The van der Waals surface area contributed by atoms with Gasteiger partial charge in [-0.2, -0.15) is 4.31 Å².